The van der Waals surface area contributed by atoms with Crippen molar-refractivity contribution in [3.63, 3.8) is 0 Å². The number of hydrogen-bond acceptors (Lipinski definition) is 0. The molecule has 0 aliphatic heterocycles. The van der Waals surface area contributed by atoms with Crippen LogP contribution >= 0.6 is 0 Å². The second kappa shape index (κ2) is 5.40. The van der Waals surface area contributed by atoms with Gasteiger partial charge in [0.25, 0.3) is 0 Å². The van der Waals surface area contributed by atoms with E-state index < -0.39 is 0 Å². The second-order valence-electron chi connectivity index (χ2n) is 3.72. The summed E-state index contributed by atoms with van der Waals surface area (Å²) in [5, 5.41) is 0. The van der Waals surface area contributed by atoms with E-state index in [-0.39, 0.29) is 0 Å². The molecule has 0 N–H and O–H groups in total. The van der Waals surface area contributed by atoms with Gasteiger partial charge in [-0.05, 0) is 18.8 Å². The molecule has 0 heterocycles. The minimum Gasteiger partial charge on any atom is -0.103 e. The summed E-state index contributed by atoms with van der Waals surface area (Å²) in [6.07, 6.45) is 13.5. The topological polar surface area (TPSA) is 0 Å². The van der Waals surface area contributed by atoms with Crippen LogP contribution in [0.4, 0.5) is 0 Å². The molecule has 0 radical (unpaired) electrons. The highest BCUT2D eigenvalue weighted by Crippen LogP contribution is 2.30. The highest BCUT2D eigenvalue weighted by molar-refractivity contribution is 4.70. The zero-order chi connectivity index (χ0) is 7.94. The third-order valence-electron chi connectivity index (χ3n) is 2.75. The van der Waals surface area contributed by atoms with Crippen LogP contribution in [0.1, 0.15) is 51.4 Å². The van der Waals surface area contributed by atoms with Gasteiger partial charge in [0, 0.05) is 0 Å². The molecule has 0 heteroatoms. The van der Waals surface area contributed by atoms with Gasteiger partial charge in [-0.25, -0.2) is 0 Å². The molecule has 1 aliphatic carbocycles. The maximum Gasteiger partial charge on any atom is -0.0353 e. The van der Waals surface area contributed by atoms with Gasteiger partial charge in [-0.3, -0.25) is 0 Å². The predicted octanol–water partition coefficient (Wildman–Crippen LogP) is 3.92. The Labute approximate surface area is 70.7 Å². The van der Waals surface area contributed by atoms with Crippen molar-refractivity contribution in [2.75, 3.05) is 0 Å². The molecule has 0 amide bonds. The van der Waals surface area contributed by atoms with E-state index in [2.05, 4.69) is 6.58 Å². The van der Waals surface area contributed by atoms with Gasteiger partial charge in [0.15, 0.2) is 0 Å². The van der Waals surface area contributed by atoms with Crippen molar-refractivity contribution in [2.24, 2.45) is 5.92 Å². The van der Waals surface area contributed by atoms with E-state index in [1.165, 1.54) is 51.4 Å². The molecule has 1 aliphatic rings. The summed E-state index contributed by atoms with van der Waals surface area (Å²) in [6.45, 7) is 3.72. The normalized spacial score (nSPS) is 17.8. The Balaban J connectivity index is 1.76. The molecule has 64 valence electrons. The van der Waals surface area contributed by atoms with E-state index in [1.54, 1.807) is 0 Å². The summed E-state index contributed by atoms with van der Waals surface area (Å²) >= 11 is 0. The number of allylic oxidation sites excluding steroid dienone is 1. The molecular formula is C11H20. The van der Waals surface area contributed by atoms with Crippen LogP contribution in [-0.2, 0) is 0 Å². The number of unbranched alkanes of at least 4 members (excludes halogenated alkanes) is 3. The lowest BCUT2D eigenvalue weighted by molar-refractivity contribution is 0.287. The Kier molecular flexibility index (Phi) is 4.33. The molecule has 0 aromatic rings. The Morgan fingerprint density at radius 3 is 2.55 bits per heavy atom. The lowest BCUT2D eigenvalue weighted by Gasteiger charge is -2.24. The van der Waals surface area contributed by atoms with Crippen LogP contribution < -0.4 is 0 Å². The third-order valence-corrected chi connectivity index (χ3v) is 2.75. The monoisotopic (exact) mass is 152 g/mol. The van der Waals surface area contributed by atoms with Crippen molar-refractivity contribution in [1.82, 2.24) is 0 Å². The Hall–Kier alpha value is -0.260. The van der Waals surface area contributed by atoms with Gasteiger partial charge in [0.2, 0.25) is 0 Å². The molecule has 11 heavy (non-hydrogen) atoms. The van der Waals surface area contributed by atoms with Crippen molar-refractivity contribution in [3.8, 4) is 0 Å². The molecule has 0 aromatic heterocycles. The third kappa shape index (κ3) is 3.60. The van der Waals surface area contributed by atoms with Gasteiger partial charge < -0.3 is 0 Å². The van der Waals surface area contributed by atoms with Crippen LogP contribution in [0.5, 0.6) is 0 Å². The molecule has 0 nitrogen and oxygen atoms in total. The fraction of sp³-hybridized carbons (Fsp3) is 0.818. The van der Waals surface area contributed by atoms with Gasteiger partial charge in [-0.2, -0.15) is 0 Å². The molecule has 0 bridgehead atoms. The summed E-state index contributed by atoms with van der Waals surface area (Å²) in [6, 6.07) is 0. The highest BCUT2D eigenvalue weighted by atomic mass is 14.2. The average molecular weight is 152 g/mol. The second-order valence-corrected chi connectivity index (χ2v) is 3.72. The van der Waals surface area contributed by atoms with Crippen LogP contribution in [0.25, 0.3) is 0 Å². The van der Waals surface area contributed by atoms with Crippen molar-refractivity contribution in [3.05, 3.63) is 12.7 Å². The summed E-state index contributed by atoms with van der Waals surface area (Å²) in [5.41, 5.74) is 0. The molecule has 0 saturated heterocycles. The SMILES string of the molecule is C=CCCCCCC1CCC1. The fourth-order valence-corrected chi connectivity index (χ4v) is 1.68. The van der Waals surface area contributed by atoms with Gasteiger partial charge >= 0.3 is 0 Å². The predicted molar refractivity (Wildman–Crippen MR) is 50.6 cm³/mol. The summed E-state index contributed by atoms with van der Waals surface area (Å²) in [7, 11) is 0. The molecule has 0 spiro atoms. The summed E-state index contributed by atoms with van der Waals surface area (Å²) < 4.78 is 0. The van der Waals surface area contributed by atoms with E-state index in [0.717, 1.165) is 5.92 Å². The first-order valence-corrected chi connectivity index (χ1v) is 5.04. The fourth-order valence-electron chi connectivity index (χ4n) is 1.68. The quantitative estimate of drug-likeness (QED) is 0.399. The van der Waals surface area contributed by atoms with E-state index in [4.69, 9.17) is 0 Å². The van der Waals surface area contributed by atoms with Gasteiger partial charge in [-0.1, -0.05) is 44.6 Å². The Morgan fingerprint density at radius 2 is 2.00 bits per heavy atom. The lowest BCUT2D eigenvalue weighted by atomic mass is 9.82. The van der Waals surface area contributed by atoms with Crippen LogP contribution in [0.15, 0.2) is 12.7 Å². The number of rotatable bonds is 6. The molecule has 1 rings (SSSR count). The van der Waals surface area contributed by atoms with Crippen LogP contribution in [-0.4, -0.2) is 0 Å². The molecule has 1 fully saturated rings. The van der Waals surface area contributed by atoms with Crippen LogP contribution in [0, 0.1) is 5.92 Å². The standard InChI is InChI=1S/C11H20/c1-2-3-4-5-6-8-11-9-7-10-11/h2,11H,1,3-10H2. The van der Waals surface area contributed by atoms with Crippen LogP contribution in [0.2, 0.25) is 0 Å². The largest absolute Gasteiger partial charge is 0.103 e. The molecule has 0 unspecified atom stereocenters. The zero-order valence-electron chi connectivity index (χ0n) is 7.52. The maximum absolute atomic E-state index is 3.72. The highest BCUT2D eigenvalue weighted by Gasteiger charge is 2.15. The first-order valence-electron chi connectivity index (χ1n) is 5.04. The summed E-state index contributed by atoms with van der Waals surface area (Å²) in [5.74, 6) is 1.11. The average Bonchev–Trinajstić information content (AvgIpc) is 1.93. The van der Waals surface area contributed by atoms with Gasteiger partial charge in [-0.15, -0.1) is 6.58 Å². The molecule has 1 saturated carbocycles. The Morgan fingerprint density at radius 1 is 1.18 bits per heavy atom. The Bertz CT molecular complexity index is 101. The van der Waals surface area contributed by atoms with Crippen molar-refractivity contribution < 1.29 is 0 Å². The van der Waals surface area contributed by atoms with E-state index in [0.29, 0.717) is 0 Å². The maximum atomic E-state index is 3.72. The smallest absolute Gasteiger partial charge is 0.0353 e. The van der Waals surface area contributed by atoms with Crippen LogP contribution in [0.3, 0.4) is 0 Å². The zero-order valence-corrected chi connectivity index (χ0v) is 7.52. The van der Waals surface area contributed by atoms with Gasteiger partial charge in [0.05, 0.1) is 0 Å². The minimum absolute atomic E-state index is 1.11. The molecular weight excluding hydrogens is 132 g/mol. The lowest BCUT2D eigenvalue weighted by Crippen LogP contribution is -2.10. The van der Waals surface area contributed by atoms with Crippen molar-refractivity contribution >= 4 is 0 Å². The van der Waals surface area contributed by atoms with Crippen molar-refractivity contribution in [1.29, 1.82) is 0 Å². The summed E-state index contributed by atoms with van der Waals surface area (Å²) in [4.78, 5) is 0. The van der Waals surface area contributed by atoms with Crippen molar-refractivity contribution in [2.45, 2.75) is 51.4 Å². The first kappa shape index (κ1) is 8.83. The van der Waals surface area contributed by atoms with Gasteiger partial charge in [0.1, 0.15) is 0 Å². The molecule has 0 aromatic carbocycles. The number of hydrogen-bond donors (Lipinski definition) is 0. The van der Waals surface area contributed by atoms with E-state index in [1.807, 2.05) is 6.08 Å². The van der Waals surface area contributed by atoms with E-state index >= 15 is 0 Å². The van der Waals surface area contributed by atoms with E-state index in [9.17, 15) is 0 Å². The first-order chi connectivity index (χ1) is 5.43. The minimum atomic E-state index is 1.11. The molecule has 0 atom stereocenters.